The number of halogens is 5. The molecule has 6 nitrogen and oxygen atoms in total. The lowest BCUT2D eigenvalue weighted by Gasteiger charge is -2.22. The van der Waals surface area contributed by atoms with Crippen LogP contribution in [0.4, 0.5) is 27.6 Å². The average Bonchev–Trinajstić information content (AvgIpc) is 3.55. The highest BCUT2D eigenvalue weighted by Crippen LogP contribution is 2.47. The number of carbonyl (C=O) groups is 1. The van der Waals surface area contributed by atoms with Gasteiger partial charge in [-0.05, 0) is 33.9 Å². The Balaban J connectivity index is 1.95. The van der Waals surface area contributed by atoms with Crippen molar-refractivity contribution in [1.82, 2.24) is 14.8 Å². The Bertz CT molecular complexity index is 1100. The van der Waals surface area contributed by atoms with Crippen LogP contribution in [0.25, 0.3) is 0 Å². The van der Waals surface area contributed by atoms with Crippen molar-refractivity contribution in [3.8, 4) is 0 Å². The highest BCUT2D eigenvalue weighted by atomic mass is 19.3. The van der Waals surface area contributed by atoms with Gasteiger partial charge in [-0.15, -0.1) is 0 Å². The first-order valence-electron chi connectivity index (χ1n) is 10.8. The third-order valence-electron chi connectivity index (χ3n) is 5.93. The Morgan fingerprint density at radius 3 is 2.38 bits per heavy atom. The molecule has 0 radical (unpaired) electrons. The fourth-order valence-corrected chi connectivity index (χ4v) is 3.74. The highest BCUT2D eigenvalue weighted by Gasteiger charge is 2.53. The molecule has 1 unspecified atom stereocenters. The summed E-state index contributed by atoms with van der Waals surface area (Å²) >= 11 is 0. The van der Waals surface area contributed by atoms with Gasteiger partial charge in [-0.25, -0.2) is 22.0 Å². The van der Waals surface area contributed by atoms with Crippen LogP contribution in [0, 0.1) is 5.82 Å². The maximum Gasteiger partial charge on any atom is 0.266 e. The van der Waals surface area contributed by atoms with Crippen LogP contribution >= 0.6 is 0 Å². The lowest BCUT2D eigenvalue weighted by Crippen LogP contribution is -2.37. The minimum Gasteiger partial charge on any atom is -0.383 e. The Hall–Kier alpha value is -2.95. The van der Waals surface area contributed by atoms with Crippen molar-refractivity contribution in [2.75, 3.05) is 32.5 Å². The number of nitrogens with one attached hydrogen (secondary N) is 2. The van der Waals surface area contributed by atoms with Gasteiger partial charge in [0, 0.05) is 30.9 Å². The summed E-state index contributed by atoms with van der Waals surface area (Å²) in [6.07, 6.45) is -4.53. The van der Waals surface area contributed by atoms with E-state index in [9.17, 15) is 31.5 Å². The van der Waals surface area contributed by atoms with Gasteiger partial charge in [0.2, 0.25) is 0 Å². The average molecular weight is 486 g/mol. The molecule has 11 heteroatoms. The topological polar surface area (TPSA) is 66.4 Å². The first-order valence-corrected chi connectivity index (χ1v) is 10.8. The molecule has 1 amide bonds. The molecular weight excluding hydrogens is 459 g/mol. The standard InChI is InChI=1S/C23H27F5N4O2/c1-13(14-5-4-6-15(19(14)24)20(25)26)30-21(34)16-12-32(23(7-8-23)22(27)28)18(33)11-17(16)29-9-10-31(2)3/h4-6,11-13,20,22,29H,7-10H2,1-3H3,(H,30,34). The first kappa shape index (κ1) is 25.7. The number of nitrogens with zero attached hydrogens (tertiary/aromatic N) is 2. The molecule has 186 valence electrons. The molecule has 34 heavy (non-hydrogen) atoms. The Morgan fingerprint density at radius 1 is 1.18 bits per heavy atom. The van der Waals surface area contributed by atoms with Crippen molar-refractivity contribution in [2.45, 2.75) is 44.2 Å². The fourth-order valence-electron chi connectivity index (χ4n) is 3.74. The Labute approximate surface area is 193 Å². The molecular formula is C23H27F5N4O2. The van der Waals surface area contributed by atoms with Crippen LogP contribution in [-0.4, -0.2) is 49.0 Å². The molecule has 0 aliphatic heterocycles. The zero-order valence-corrected chi connectivity index (χ0v) is 19.0. The number of likely N-dealkylation sites (N-methyl/N-ethyl adjacent to an activating group) is 1. The number of pyridine rings is 1. The summed E-state index contributed by atoms with van der Waals surface area (Å²) in [7, 11) is 3.66. The monoisotopic (exact) mass is 486 g/mol. The second-order valence-electron chi connectivity index (χ2n) is 8.69. The molecule has 2 N–H and O–H groups in total. The minimum absolute atomic E-state index is 0.0810. The molecule has 1 saturated carbocycles. The van der Waals surface area contributed by atoms with Crippen LogP contribution in [0.1, 0.15) is 53.7 Å². The Morgan fingerprint density at radius 2 is 1.82 bits per heavy atom. The summed E-state index contributed by atoms with van der Waals surface area (Å²) in [6, 6.07) is 3.58. The van der Waals surface area contributed by atoms with Crippen molar-refractivity contribution in [3.05, 3.63) is 63.3 Å². The van der Waals surface area contributed by atoms with Crippen LogP contribution in [-0.2, 0) is 5.54 Å². The van der Waals surface area contributed by atoms with E-state index >= 15 is 0 Å². The second kappa shape index (κ2) is 10.1. The number of benzene rings is 1. The molecule has 1 heterocycles. The summed E-state index contributed by atoms with van der Waals surface area (Å²) in [5, 5.41) is 5.50. The molecule has 3 rings (SSSR count). The van der Waals surface area contributed by atoms with E-state index in [0.29, 0.717) is 13.1 Å². The number of carbonyl (C=O) groups excluding carboxylic acids is 1. The molecule has 1 aliphatic carbocycles. The molecule has 1 fully saturated rings. The van der Waals surface area contributed by atoms with Crippen LogP contribution in [0.5, 0.6) is 0 Å². The summed E-state index contributed by atoms with van der Waals surface area (Å²) in [4.78, 5) is 27.6. The third-order valence-corrected chi connectivity index (χ3v) is 5.93. The maximum atomic E-state index is 14.5. The van der Waals surface area contributed by atoms with Crippen molar-refractivity contribution < 1.29 is 26.7 Å². The largest absolute Gasteiger partial charge is 0.383 e. The summed E-state index contributed by atoms with van der Waals surface area (Å²) < 4.78 is 68.9. The van der Waals surface area contributed by atoms with E-state index < -0.39 is 47.3 Å². The van der Waals surface area contributed by atoms with Gasteiger partial charge in [-0.3, -0.25) is 9.59 Å². The number of aromatic nitrogens is 1. The van der Waals surface area contributed by atoms with E-state index in [1.165, 1.54) is 19.1 Å². The zero-order chi connectivity index (χ0) is 25.2. The maximum absolute atomic E-state index is 14.5. The van der Waals surface area contributed by atoms with E-state index in [-0.39, 0.29) is 29.7 Å². The van der Waals surface area contributed by atoms with Crippen LogP contribution in [0.15, 0.2) is 35.3 Å². The van der Waals surface area contributed by atoms with E-state index in [4.69, 9.17) is 0 Å². The van der Waals surface area contributed by atoms with Crippen LogP contribution in [0.3, 0.4) is 0 Å². The van der Waals surface area contributed by atoms with E-state index in [1.807, 2.05) is 19.0 Å². The van der Waals surface area contributed by atoms with Crippen molar-refractivity contribution >= 4 is 11.6 Å². The number of anilines is 1. The number of amides is 1. The molecule has 1 aliphatic rings. The number of hydrogen-bond donors (Lipinski definition) is 2. The number of hydrogen-bond acceptors (Lipinski definition) is 4. The Kier molecular flexibility index (Phi) is 7.64. The first-order chi connectivity index (χ1) is 16.0. The zero-order valence-electron chi connectivity index (χ0n) is 19.0. The number of rotatable bonds is 10. The third kappa shape index (κ3) is 5.24. The van der Waals surface area contributed by atoms with Gasteiger partial charge in [0.05, 0.1) is 22.9 Å². The van der Waals surface area contributed by atoms with Crippen LogP contribution < -0.4 is 16.2 Å². The lowest BCUT2D eigenvalue weighted by atomic mass is 10.0. The van der Waals surface area contributed by atoms with E-state index in [1.54, 1.807) is 0 Å². The fraction of sp³-hybridized carbons (Fsp3) is 0.478. The molecule has 0 bridgehead atoms. The number of alkyl halides is 4. The molecule has 2 aromatic rings. The molecule has 0 spiro atoms. The molecule has 1 aromatic carbocycles. The predicted octanol–water partition coefficient (Wildman–Crippen LogP) is 4.14. The van der Waals surface area contributed by atoms with E-state index in [0.717, 1.165) is 22.9 Å². The van der Waals surface area contributed by atoms with Gasteiger partial charge < -0.3 is 20.1 Å². The molecule has 0 saturated heterocycles. The van der Waals surface area contributed by atoms with Gasteiger partial charge in [-0.1, -0.05) is 18.2 Å². The van der Waals surface area contributed by atoms with Gasteiger partial charge in [0.1, 0.15) is 11.4 Å². The highest BCUT2D eigenvalue weighted by molar-refractivity contribution is 5.99. The predicted molar refractivity (Wildman–Crippen MR) is 118 cm³/mol. The van der Waals surface area contributed by atoms with Crippen molar-refractivity contribution in [2.24, 2.45) is 0 Å². The van der Waals surface area contributed by atoms with Gasteiger partial charge in [0.15, 0.2) is 0 Å². The quantitative estimate of drug-likeness (QED) is 0.496. The summed E-state index contributed by atoms with van der Waals surface area (Å²) in [5.74, 6) is -1.89. The van der Waals surface area contributed by atoms with Gasteiger partial charge in [0.25, 0.3) is 24.3 Å². The van der Waals surface area contributed by atoms with Crippen molar-refractivity contribution in [1.29, 1.82) is 0 Å². The minimum atomic E-state index is -3.03. The molecule has 1 atom stereocenters. The normalized spacial score (nSPS) is 15.6. The summed E-state index contributed by atoms with van der Waals surface area (Å²) in [6.45, 7) is 2.34. The smallest absolute Gasteiger partial charge is 0.266 e. The summed E-state index contributed by atoms with van der Waals surface area (Å²) in [5.41, 5.74) is -3.20. The van der Waals surface area contributed by atoms with E-state index in [2.05, 4.69) is 10.6 Å². The van der Waals surface area contributed by atoms with Gasteiger partial charge >= 0.3 is 0 Å². The SMILES string of the molecule is CC(NC(=O)c1cn(C2(C(F)F)CC2)c(=O)cc1NCCN(C)C)c1cccc(C(F)F)c1F. The lowest BCUT2D eigenvalue weighted by molar-refractivity contribution is 0.0648. The van der Waals surface area contributed by atoms with Gasteiger partial charge in [-0.2, -0.15) is 0 Å². The molecule has 1 aromatic heterocycles. The van der Waals surface area contributed by atoms with Crippen molar-refractivity contribution in [3.63, 3.8) is 0 Å². The van der Waals surface area contributed by atoms with Crippen LogP contribution in [0.2, 0.25) is 0 Å². The second-order valence-corrected chi connectivity index (χ2v) is 8.69.